The van der Waals surface area contributed by atoms with E-state index in [2.05, 4.69) is 89.5 Å². The summed E-state index contributed by atoms with van der Waals surface area (Å²) in [6, 6.07) is 18.6. The average molecular weight is 484 g/mol. The summed E-state index contributed by atoms with van der Waals surface area (Å²) in [6.45, 7) is 3.72. The molecule has 30 heavy (non-hydrogen) atoms. The van der Waals surface area contributed by atoms with Gasteiger partial charge in [-0.25, -0.2) is 4.68 Å². The quantitative estimate of drug-likeness (QED) is 0.323. The number of hydrogen-bond acceptors (Lipinski definition) is 6. The number of aryl methyl sites for hydroxylation is 2. The van der Waals surface area contributed by atoms with E-state index in [1.165, 1.54) is 5.56 Å². The summed E-state index contributed by atoms with van der Waals surface area (Å²) in [5, 5.41) is 21.9. The minimum atomic E-state index is 0.650. The van der Waals surface area contributed by atoms with Crippen molar-refractivity contribution in [2.24, 2.45) is 0 Å². The van der Waals surface area contributed by atoms with Gasteiger partial charge in [0.15, 0.2) is 16.8 Å². The van der Waals surface area contributed by atoms with Crippen molar-refractivity contribution in [2.75, 3.05) is 0 Å². The van der Waals surface area contributed by atoms with E-state index in [0.29, 0.717) is 5.75 Å². The second-order valence-corrected chi connectivity index (χ2v) is 8.67. The standard InChI is InChI=1S/C21H22BrN7S/c1-2-13-29-19(23-26-27-29)15-30-21-25-24-20(17-8-10-18(22)11-9-17)28(21)14-12-16-6-4-3-5-7-16/h3-11H,2,12-15H2,1H3. The van der Waals surface area contributed by atoms with Crippen LogP contribution in [-0.4, -0.2) is 35.0 Å². The molecule has 0 aliphatic rings. The maximum atomic E-state index is 4.51. The summed E-state index contributed by atoms with van der Waals surface area (Å²) in [5.41, 5.74) is 2.33. The number of nitrogens with zero attached hydrogens (tertiary/aromatic N) is 7. The van der Waals surface area contributed by atoms with Crippen LogP contribution >= 0.6 is 27.7 Å². The second kappa shape index (κ2) is 9.99. The fourth-order valence-corrected chi connectivity index (χ4v) is 4.30. The van der Waals surface area contributed by atoms with Gasteiger partial charge in [0.05, 0.1) is 5.75 Å². The fraction of sp³-hybridized carbons (Fsp3) is 0.286. The van der Waals surface area contributed by atoms with Crippen molar-refractivity contribution < 1.29 is 0 Å². The van der Waals surface area contributed by atoms with Crippen molar-refractivity contribution in [3.05, 3.63) is 70.5 Å². The molecule has 0 bridgehead atoms. The van der Waals surface area contributed by atoms with Gasteiger partial charge in [0.1, 0.15) is 0 Å². The first kappa shape index (κ1) is 20.7. The van der Waals surface area contributed by atoms with Crippen molar-refractivity contribution in [2.45, 2.75) is 43.8 Å². The van der Waals surface area contributed by atoms with Gasteiger partial charge in [-0.15, -0.1) is 15.3 Å². The van der Waals surface area contributed by atoms with Gasteiger partial charge < -0.3 is 4.57 Å². The molecule has 0 radical (unpaired) electrons. The van der Waals surface area contributed by atoms with E-state index in [1.54, 1.807) is 11.8 Å². The van der Waals surface area contributed by atoms with E-state index >= 15 is 0 Å². The SMILES string of the molecule is CCCn1nnnc1CSc1nnc(-c2ccc(Br)cc2)n1CCc1ccccc1. The highest BCUT2D eigenvalue weighted by molar-refractivity contribution is 9.10. The molecule has 0 N–H and O–H groups in total. The van der Waals surface area contributed by atoms with Crippen LogP contribution in [-0.2, 0) is 25.3 Å². The van der Waals surface area contributed by atoms with Crippen molar-refractivity contribution in [1.82, 2.24) is 35.0 Å². The van der Waals surface area contributed by atoms with Gasteiger partial charge in [-0.3, -0.25) is 0 Å². The van der Waals surface area contributed by atoms with Gasteiger partial charge in [0, 0.05) is 23.1 Å². The molecular weight excluding hydrogens is 462 g/mol. The minimum absolute atomic E-state index is 0.650. The van der Waals surface area contributed by atoms with Gasteiger partial charge in [0.25, 0.3) is 0 Å². The van der Waals surface area contributed by atoms with E-state index in [0.717, 1.165) is 52.8 Å². The van der Waals surface area contributed by atoms with Crippen molar-refractivity contribution in [3.8, 4) is 11.4 Å². The van der Waals surface area contributed by atoms with Gasteiger partial charge in [-0.2, -0.15) is 0 Å². The second-order valence-electron chi connectivity index (χ2n) is 6.81. The highest BCUT2D eigenvalue weighted by Gasteiger charge is 2.16. The van der Waals surface area contributed by atoms with Crippen LogP contribution in [0.15, 0.2) is 64.2 Å². The lowest BCUT2D eigenvalue weighted by Gasteiger charge is -2.11. The first-order valence-corrected chi connectivity index (χ1v) is 11.6. The van der Waals surface area contributed by atoms with Crippen LogP contribution < -0.4 is 0 Å². The maximum absolute atomic E-state index is 4.51. The third-order valence-electron chi connectivity index (χ3n) is 4.66. The van der Waals surface area contributed by atoms with Crippen LogP contribution in [0.4, 0.5) is 0 Å². The molecule has 0 aliphatic carbocycles. The highest BCUT2D eigenvalue weighted by atomic mass is 79.9. The Morgan fingerprint density at radius 2 is 1.73 bits per heavy atom. The van der Waals surface area contributed by atoms with E-state index < -0.39 is 0 Å². The topological polar surface area (TPSA) is 74.3 Å². The van der Waals surface area contributed by atoms with Crippen LogP contribution in [0, 0.1) is 0 Å². The first-order valence-electron chi connectivity index (χ1n) is 9.85. The zero-order valence-corrected chi connectivity index (χ0v) is 19.1. The number of tetrazole rings is 1. The lowest BCUT2D eigenvalue weighted by Crippen LogP contribution is -2.07. The first-order chi connectivity index (χ1) is 14.7. The molecule has 0 saturated heterocycles. The lowest BCUT2D eigenvalue weighted by molar-refractivity contribution is 0.564. The van der Waals surface area contributed by atoms with E-state index in [4.69, 9.17) is 0 Å². The number of halogens is 1. The molecule has 0 fully saturated rings. The molecular formula is C21H22BrN7S. The lowest BCUT2D eigenvalue weighted by atomic mass is 10.1. The molecule has 0 aliphatic heterocycles. The number of benzene rings is 2. The number of aromatic nitrogens is 7. The Labute approximate surface area is 188 Å². The highest BCUT2D eigenvalue weighted by Crippen LogP contribution is 2.27. The molecule has 9 heteroatoms. The third-order valence-corrected chi connectivity index (χ3v) is 6.15. The van der Waals surface area contributed by atoms with Crippen LogP contribution in [0.5, 0.6) is 0 Å². The monoisotopic (exact) mass is 483 g/mol. The van der Waals surface area contributed by atoms with Crippen molar-refractivity contribution in [1.29, 1.82) is 0 Å². The molecule has 2 aromatic carbocycles. The molecule has 4 aromatic rings. The van der Waals surface area contributed by atoms with Crippen LogP contribution in [0.3, 0.4) is 0 Å². The Balaban J connectivity index is 1.58. The molecule has 154 valence electrons. The fourth-order valence-electron chi connectivity index (χ4n) is 3.14. The molecule has 7 nitrogen and oxygen atoms in total. The van der Waals surface area contributed by atoms with Crippen molar-refractivity contribution in [3.63, 3.8) is 0 Å². The normalized spacial score (nSPS) is 11.1. The summed E-state index contributed by atoms with van der Waals surface area (Å²) in [4.78, 5) is 0. The summed E-state index contributed by atoms with van der Waals surface area (Å²) in [6.07, 6.45) is 1.90. The van der Waals surface area contributed by atoms with Crippen LogP contribution in [0.2, 0.25) is 0 Å². The van der Waals surface area contributed by atoms with Gasteiger partial charge in [-0.1, -0.05) is 77.1 Å². The average Bonchev–Trinajstić information content (AvgIpc) is 3.39. The summed E-state index contributed by atoms with van der Waals surface area (Å²) < 4.78 is 5.08. The van der Waals surface area contributed by atoms with E-state index in [1.807, 2.05) is 22.9 Å². The van der Waals surface area contributed by atoms with Gasteiger partial charge >= 0.3 is 0 Å². The number of thioether (sulfide) groups is 1. The minimum Gasteiger partial charge on any atom is -0.302 e. The number of hydrogen-bond donors (Lipinski definition) is 0. The summed E-state index contributed by atoms with van der Waals surface area (Å²) >= 11 is 5.12. The third kappa shape index (κ3) is 4.96. The van der Waals surface area contributed by atoms with Crippen LogP contribution in [0.25, 0.3) is 11.4 Å². The van der Waals surface area contributed by atoms with E-state index in [-0.39, 0.29) is 0 Å². The predicted molar refractivity (Wildman–Crippen MR) is 121 cm³/mol. The molecule has 2 aromatic heterocycles. The van der Waals surface area contributed by atoms with Gasteiger partial charge in [0.2, 0.25) is 0 Å². The van der Waals surface area contributed by atoms with Gasteiger partial charge in [-0.05, 0) is 41.0 Å². The Kier molecular flexibility index (Phi) is 6.91. The molecule has 0 amide bonds. The molecule has 0 saturated carbocycles. The predicted octanol–water partition coefficient (Wildman–Crippen LogP) is 4.64. The zero-order valence-electron chi connectivity index (χ0n) is 16.6. The molecule has 0 atom stereocenters. The summed E-state index contributed by atoms with van der Waals surface area (Å²) in [7, 11) is 0. The zero-order chi connectivity index (χ0) is 20.8. The Hall–Kier alpha value is -2.52. The largest absolute Gasteiger partial charge is 0.302 e. The maximum Gasteiger partial charge on any atom is 0.191 e. The summed E-state index contributed by atoms with van der Waals surface area (Å²) in [5.74, 6) is 2.37. The smallest absolute Gasteiger partial charge is 0.191 e. The van der Waals surface area contributed by atoms with Crippen molar-refractivity contribution >= 4 is 27.7 Å². The van der Waals surface area contributed by atoms with Crippen LogP contribution in [0.1, 0.15) is 24.7 Å². The number of rotatable bonds is 9. The molecule has 4 rings (SSSR count). The Bertz CT molecular complexity index is 1080. The molecule has 0 unspecified atom stereocenters. The Morgan fingerprint density at radius 3 is 2.50 bits per heavy atom. The molecule has 2 heterocycles. The molecule has 0 spiro atoms. The Morgan fingerprint density at radius 1 is 0.933 bits per heavy atom. The van der Waals surface area contributed by atoms with E-state index in [9.17, 15) is 0 Å².